The molecule has 0 aromatic heterocycles. The van der Waals surface area contributed by atoms with Crippen molar-refractivity contribution in [1.82, 2.24) is 4.90 Å². The van der Waals surface area contributed by atoms with Crippen molar-refractivity contribution in [2.24, 2.45) is 11.8 Å². The Balaban J connectivity index is 1.64. The van der Waals surface area contributed by atoms with Crippen molar-refractivity contribution in [2.75, 3.05) is 19.6 Å². The first-order chi connectivity index (χ1) is 8.28. The van der Waals surface area contributed by atoms with E-state index in [0.717, 1.165) is 51.1 Å². The Labute approximate surface area is 104 Å². The second-order valence-corrected chi connectivity index (χ2v) is 5.81. The summed E-state index contributed by atoms with van der Waals surface area (Å²) in [6.07, 6.45) is 9.17. The molecule has 98 valence electrons. The van der Waals surface area contributed by atoms with Gasteiger partial charge >= 0.3 is 0 Å². The number of likely N-dealkylation sites (tertiary alicyclic amines) is 1. The van der Waals surface area contributed by atoms with E-state index in [2.05, 4.69) is 4.90 Å². The van der Waals surface area contributed by atoms with Gasteiger partial charge in [-0.05, 0) is 38.3 Å². The van der Waals surface area contributed by atoms with Gasteiger partial charge in [-0.25, -0.2) is 0 Å². The lowest BCUT2D eigenvalue weighted by molar-refractivity contribution is -0.112. The fourth-order valence-electron chi connectivity index (χ4n) is 3.28. The first-order valence-electron chi connectivity index (χ1n) is 7.13. The SMILES string of the molecule is O=CC1CCN(CC(O)CC2CCCC2)CC1. The molecule has 3 nitrogen and oxygen atoms in total. The third-order valence-electron chi connectivity index (χ3n) is 4.37. The standard InChI is InChI=1S/C14H25NO2/c16-11-13-5-7-15(8-6-13)10-14(17)9-12-3-1-2-4-12/h11-14,17H,1-10H2. The Hall–Kier alpha value is -0.410. The van der Waals surface area contributed by atoms with Crippen LogP contribution in [0.1, 0.15) is 44.9 Å². The molecule has 1 heterocycles. The van der Waals surface area contributed by atoms with Gasteiger partial charge in [0.25, 0.3) is 0 Å². The number of β-amino-alcohol motifs (C(OH)–C–C–N with tert-alkyl or cyclic N) is 1. The summed E-state index contributed by atoms with van der Waals surface area (Å²) in [5.74, 6) is 1.02. The second-order valence-electron chi connectivity index (χ2n) is 5.81. The fourth-order valence-corrected chi connectivity index (χ4v) is 3.28. The van der Waals surface area contributed by atoms with Gasteiger partial charge in [0.2, 0.25) is 0 Å². The third-order valence-corrected chi connectivity index (χ3v) is 4.37. The number of aldehydes is 1. The molecule has 1 saturated heterocycles. The predicted octanol–water partition coefficient (Wildman–Crippen LogP) is 1.84. The van der Waals surface area contributed by atoms with Gasteiger partial charge in [0, 0.05) is 12.5 Å². The van der Waals surface area contributed by atoms with Crippen LogP contribution in [0.15, 0.2) is 0 Å². The topological polar surface area (TPSA) is 40.5 Å². The van der Waals surface area contributed by atoms with Crippen LogP contribution in [0.25, 0.3) is 0 Å². The molecule has 1 unspecified atom stereocenters. The minimum atomic E-state index is -0.161. The van der Waals surface area contributed by atoms with E-state index in [-0.39, 0.29) is 12.0 Å². The molecule has 2 fully saturated rings. The first kappa shape index (κ1) is 13.0. The van der Waals surface area contributed by atoms with Crippen molar-refractivity contribution >= 4 is 6.29 Å². The van der Waals surface area contributed by atoms with E-state index in [9.17, 15) is 9.90 Å². The molecule has 1 aliphatic heterocycles. The zero-order valence-electron chi connectivity index (χ0n) is 10.7. The number of aliphatic hydroxyl groups is 1. The Morgan fingerprint density at radius 2 is 1.82 bits per heavy atom. The van der Waals surface area contributed by atoms with E-state index in [1.807, 2.05) is 0 Å². The van der Waals surface area contributed by atoms with Crippen LogP contribution in [0, 0.1) is 11.8 Å². The van der Waals surface area contributed by atoms with Gasteiger partial charge < -0.3 is 14.8 Å². The Bertz CT molecular complexity index is 230. The summed E-state index contributed by atoms with van der Waals surface area (Å²) in [7, 11) is 0. The van der Waals surface area contributed by atoms with Crippen LogP contribution < -0.4 is 0 Å². The van der Waals surface area contributed by atoms with Gasteiger partial charge in [-0.1, -0.05) is 25.7 Å². The molecule has 0 amide bonds. The zero-order valence-corrected chi connectivity index (χ0v) is 10.7. The van der Waals surface area contributed by atoms with Gasteiger partial charge in [-0.2, -0.15) is 0 Å². The van der Waals surface area contributed by atoms with Gasteiger partial charge in [-0.15, -0.1) is 0 Å². The molecule has 1 N–H and O–H groups in total. The molecule has 0 radical (unpaired) electrons. The third kappa shape index (κ3) is 4.07. The van der Waals surface area contributed by atoms with Crippen LogP contribution in [0.2, 0.25) is 0 Å². The monoisotopic (exact) mass is 239 g/mol. The van der Waals surface area contributed by atoms with Crippen molar-refractivity contribution in [3.63, 3.8) is 0 Å². The number of rotatable bonds is 5. The van der Waals surface area contributed by atoms with Crippen LogP contribution in [0.5, 0.6) is 0 Å². The molecule has 0 bridgehead atoms. The molecule has 2 aliphatic rings. The quantitative estimate of drug-likeness (QED) is 0.744. The number of piperidine rings is 1. The minimum absolute atomic E-state index is 0.161. The number of hydrogen-bond acceptors (Lipinski definition) is 3. The molecule has 1 atom stereocenters. The number of hydrogen-bond donors (Lipinski definition) is 1. The molecule has 1 saturated carbocycles. The zero-order chi connectivity index (χ0) is 12.1. The second kappa shape index (κ2) is 6.50. The molecule has 3 heteroatoms. The summed E-state index contributed by atoms with van der Waals surface area (Å²) in [5.41, 5.74) is 0. The van der Waals surface area contributed by atoms with Crippen LogP contribution in [0.3, 0.4) is 0 Å². The van der Waals surface area contributed by atoms with Crippen LogP contribution in [-0.4, -0.2) is 42.0 Å². The molecule has 0 spiro atoms. The highest BCUT2D eigenvalue weighted by Gasteiger charge is 2.23. The van der Waals surface area contributed by atoms with E-state index < -0.39 is 0 Å². The lowest BCUT2D eigenvalue weighted by atomic mass is 9.96. The lowest BCUT2D eigenvalue weighted by Crippen LogP contribution is -2.39. The maximum Gasteiger partial charge on any atom is 0.123 e. The number of carbonyl (C=O) groups is 1. The van der Waals surface area contributed by atoms with Crippen LogP contribution >= 0.6 is 0 Å². The molecular formula is C14H25NO2. The maximum atomic E-state index is 10.7. The lowest BCUT2D eigenvalue weighted by Gasteiger charge is -2.31. The number of carbonyl (C=O) groups excluding carboxylic acids is 1. The molecule has 0 aromatic carbocycles. The normalized spacial score (nSPS) is 26.2. The fraction of sp³-hybridized carbons (Fsp3) is 0.929. The highest BCUT2D eigenvalue weighted by molar-refractivity contribution is 5.53. The average Bonchev–Trinajstić information content (AvgIpc) is 2.82. The average molecular weight is 239 g/mol. The first-order valence-corrected chi connectivity index (χ1v) is 7.13. The Kier molecular flexibility index (Phi) is 4.99. The summed E-state index contributed by atoms with van der Waals surface area (Å²) in [6, 6.07) is 0. The number of aliphatic hydroxyl groups excluding tert-OH is 1. The molecular weight excluding hydrogens is 214 g/mol. The van der Waals surface area contributed by atoms with E-state index in [1.165, 1.54) is 25.7 Å². The molecule has 2 rings (SSSR count). The molecule has 1 aliphatic carbocycles. The molecule has 17 heavy (non-hydrogen) atoms. The van der Waals surface area contributed by atoms with Crippen molar-refractivity contribution < 1.29 is 9.90 Å². The summed E-state index contributed by atoms with van der Waals surface area (Å²) in [6.45, 7) is 2.76. The predicted molar refractivity (Wildman–Crippen MR) is 67.8 cm³/mol. The van der Waals surface area contributed by atoms with Gasteiger partial charge in [-0.3, -0.25) is 0 Å². The van der Waals surface area contributed by atoms with Gasteiger partial charge in [0.15, 0.2) is 0 Å². The maximum absolute atomic E-state index is 10.7. The Morgan fingerprint density at radius 1 is 1.18 bits per heavy atom. The van der Waals surface area contributed by atoms with Crippen molar-refractivity contribution in [1.29, 1.82) is 0 Å². The summed E-state index contributed by atoms with van der Waals surface area (Å²) in [5, 5.41) is 10.1. The van der Waals surface area contributed by atoms with Crippen molar-refractivity contribution in [3.8, 4) is 0 Å². The molecule has 0 aromatic rings. The van der Waals surface area contributed by atoms with E-state index >= 15 is 0 Å². The van der Waals surface area contributed by atoms with E-state index in [4.69, 9.17) is 0 Å². The van der Waals surface area contributed by atoms with Gasteiger partial charge in [0.05, 0.1) is 6.10 Å². The van der Waals surface area contributed by atoms with Crippen molar-refractivity contribution in [2.45, 2.75) is 51.0 Å². The highest BCUT2D eigenvalue weighted by atomic mass is 16.3. The summed E-state index contributed by atoms with van der Waals surface area (Å²) >= 11 is 0. The largest absolute Gasteiger partial charge is 0.392 e. The Morgan fingerprint density at radius 3 is 2.41 bits per heavy atom. The summed E-state index contributed by atoms with van der Waals surface area (Å²) < 4.78 is 0. The van der Waals surface area contributed by atoms with E-state index in [0.29, 0.717) is 0 Å². The van der Waals surface area contributed by atoms with E-state index in [1.54, 1.807) is 0 Å². The highest BCUT2D eigenvalue weighted by Crippen LogP contribution is 2.29. The number of nitrogens with zero attached hydrogens (tertiary/aromatic N) is 1. The minimum Gasteiger partial charge on any atom is -0.392 e. The van der Waals surface area contributed by atoms with Gasteiger partial charge in [0.1, 0.15) is 6.29 Å². The smallest absolute Gasteiger partial charge is 0.123 e. The van der Waals surface area contributed by atoms with Crippen LogP contribution in [0.4, 0.5) is 0 Å². The summed E-state index contributed by atoms with van der Waals surface area (Å²) in [4.78, 5) is 13.0. The van der Waals surface area contributed by atoms with Crippen molar-refractivity contribution in [3.05, 3.63) is 0 Å². The van der Waals surface area contributed by atoms with Crippen LogP contribution in [-0.2, 0) is 4.79 Å².